The van der Waals surface area contributed by atoms with Crippen LogP contribution in [0.5, 0.6) is 5.75 Å². The molecule has 2 aromatic rings. The highest BCUT2D eigenvalue weighted by atomic mass is 79.9. The second-order valence-corrected chi connectivity index (χ2v) is 5.11. The first-order chi connectivity index (χ1) is 9.47. The molecular formula is C14H13BrN2O3. The number of nitrogens with one attached hydrogen (secondary N) is 1. The molecule has 0 saturated carbocycles. The number of hydrogen-bond donors (Lipinski definition) is 2. The standard InChI is InChI=1S/C14H13BrN2O3/c1-8-3-9(14(18)19)4-13(16-8)17-11-5-10(15)6-12(7-11)20-2/h3-7H,1-2H3,(H,16,17)(H,18,19). The molecule has 104 valence electrons. The molecule has 0 saturated heterocycles. The van der Waals surface area contributed by atoms with Crippen molar-refractivity contribution in [2.24, 2.45) is 0 Å². The molecule has 20 heavy (non-hydrogen) atoms. The highest BCUT2D eigenvalue weighted by molar-refractivity contribution is 9.10. The van der Waals surface area contributed by atoms with Crippen molar-refractivity contribution in [2.75, 3.05) is 12.4 Å². The first-order valence-corrected chi connectivity index (χ1v) is 6.61. The maximum Gasteiger partial charge on any atom is 0.335 e. The van der Waals surface area contributed by atoms with Gasteiger partial charge in [-0.25, -0.2) is 9.78 Å². The fourth-order valence-corrected chi connectivity index (χ4v) is 2.23. The SMILES string of the molecule is COc1cc(Br)cc(Nc2cc(C(=O)O)cc(C)n2)c1. The number of methoxy groups -OCH3 is 1. The lowest BCUT2D eigenvalue weighted by Gasteiger charge is -2.10. The lowest BCUT2D eigenvalue weighted by molar-refractivity contribution is 0.0696. The fourth-order valence-electron chi connectivity index (χ4n) is 1.76. The molecule has 0 aliphatic heterocycles. The largest absolute Gasteiger partial charge is 0.497 e. The molecule has 2 rings (SSSR count). The summed E-state index contributed by atoms with van der Waals surface area (Å²) in [5, 5.41) is 12.1. The average Bonchev–Trinajstić information content (AvgIpc) is 2.37. The van der Waals surface area contributed by atoms with Crippen LogP contribution in [0.3, 0.4) is 0 Å². The summed E-state index contributed by atoms with van der Waals surface area (Å²) in [4.78, 5) is 15.3. The van der Waals surface area contributed by atoms with Gasteiger partial charge in [-0.2, -0.15) is 0 Å². The Morgan fingerprint density at radius 3 is 2.70 bits per heavy atom. The Morgan fingerprint density at radius 2 is 2.05 bits per heavy atom. The van der Waals surface area contributed by atoms with Crippen molar-refractivity contribution >= 4 is 33.4 Å². The van der Waals surface area contributed by atoms with Gasteiger partial charge in [-0.1, -0.05) is 15.9 Å². The van der Waals surface area contributed by atoms with Gasteiger partial charge in [0.2, 0.25) is 0 Å². The smallest absolute Gasteiger partial charge is 0.335 e. The van der Waals surface area contributed by atoms with E-state index in [-0.39, 0.29) is 5.56 Å². The summed E-state index contributed by atoms with van der Waals surface area (Å²) in [7, 11) is 1.58. The number of rotatable bonds is 4. The lowest BCUT2D eigenvalue weighted by atomic mass is 10.2. The quantitative estimate of drug-likeness (QED) is 0.892. The first-order valence-electron chi connectivity index (χ1n) is 5.81. The number of anilines is 2. The van der Waals surface area contributed by atoms with Gasteiger partial charge >= 0.3 is 5.97 Å². The number of nitrogens with zero attached hydrogens (tertiary/aromatic N) is 1. The number of pyridine rings is 1. The van der Waals surface area contributed by atoms with Crippen LogP contribution in [-0.4, -0.2) is 23.2 Å². The second kappa shape index (κ2) is 5.92. The van der Waals surface area contributed by atoms with Crippen molar-refractivity contribution < 1.29 is 14.6 Å². The number of hydrogen-bond acceptors (Lipinski definition) is 4. The summed E-state index contributed by atoms with van der Waals surface area (Å²) < 4.78 is 6.03. The summed E-state index contributed by atoms with van der Waals surface area (Å²) >= 11 is 3.38. The topological polar surface area (TPSA) is 71.5 Å². The van der Waals surface area contributed by atoms with Crippen molar-refractivity contribution in [2.45, 2.75) is 6.92 Å². The molecule has 1 aromatic heterocycles. The van der Waals surface area contributed by atoms with E-state index in [0.717, 1.165) is 10.2 Å². The summed E-state index contributed by atoms with van der Waals surface area (Å²) in [5.41, 5.74) is 1.59. The predicted octanol–water partition coefficient (Wildman–Crippen LogP) is 3.60. The molecule has 0 aliphatic carbocycles. The van der Waals surface area contributed by atoms with Crippen molar-refractivity contribution in [3.8, 4) is 5.75 Å². The van der Waals surface area contributed by atoms with Gasteiger partial charge in [0.15, 0.2) is 0 Å². The number of carbonyl (C=O) groups is 1. The van der Waals surface area contributed by atoms with E-state index in [4.69, 9.17) is 9.84 Å². The molecule has 0 unspecified atom stereocenters. The zero-order valence-electron chi connectivity index (χ0n) is 11.0. The van der Waals surface area contributed by atoms with E-state index in [1.165, 1.54) is 12.1 Å². The fraction of sp³-hybridized carbons (Fsp3) is 0.143. The van der Waals surface area contributed by atoms with Gasteiger partial charge in [0.25, 0.3) is 0 Å². The normalized spacial score (nSPS) is 10.2. The van der Waals surface area contributed by atoms with E-state index in [1.807, 2.05) is 12.1 Å². The van der Waals surface area contributed by atoms with Gasteiger partial charge in [0, 0.05) is 21.9 Å². The monoisotopic (exact) mass is 336 g/mol. The van der Waals surface area contributed by atoms with E-state index < -0.39 is 5.97 Å². The highest BCUT2D eigenvalue weighted by Crippen LogP contribution is 2.26. The number of ether oxygens (including phenoxy) is 1. The Hall–Kier alpha value is -2.08. The molecule has 6 heteroatoms. The van der Waals surface area contributed by atoms with E-state index in [1.54, 1.807) is 20.1 Å². The van der Waals surface area contributed by atoms with Crippen LogP contribution < -0.4 is 10.1 Å². The van der Waals surface area contributed by atoms with Crippen LogP contribution in [0.25, 0.3) is 0 Å². The molecule has 0 spiro atoms. The minimum Gasteiger partial charge on any atom is -0.497 e. The number of carboxylic acids is 1. The van der Waals surface area contributed by atoms with Crippen molar-refractivity contribution in [1.29, 1.82) is 0 Å². The molecule has 5 nitrogen and oxygen atoms in total. The molecule has 0 radical (unpaired) electrons. The minimum absolute atomic E-state index is 0.196. The number of carboxylic acid groups (broad SMARTS) is 1. The Kier molecular flexibility index (Phi) is 4.24. The van der Waals surface area contributed by atoms with Crippen LogP contribution in [0.4, 0.5) is 11.5 Å². The number of aromatic carboxylic acids is 1. The zero-order valence-corrected chi connectivity index (χ0v) is 12.6. The summed E-state index contributed by atoms with van der Waals surface area (Å²) in [6.07, 6.45) is 0. The van der Waals surface area contributed by atoms with Crippen LogP contribution in [0.1, 0.15) is 16.1 Å². The van der Waals surface area contributed by atoms with E-state index >= 15 is 0 Å². The van der Waals surface area contributed by atoms with Crippen LogP contribution in [0.15, 0.2) is 34.8 Å². The first kappa shape index (κ1) is 14.3. The van der Waals surface area contributed by atoms with Crippen molar-refractivity contribution in [3.05, 3.63) is 46.1 Å². The van der Waals surface area contributed by atoms with Crippen molar-refractivity contribution in [1.82, 2.24) is 4.98 Å². The van der Waals surface area contributed by atoms with Crippen LogP contribution in [-0.2, 0) is 0 Å². The van der Waals surface area contributed by atoms with Gasteiger partial charge in [-0.05, 0) is 31.2 Å². The number of halogens is 1. The molecule has 2 N–H and O–H groups in total. The highest BCUT2D eigenvalue weighted by Gasteiger charge is 2.07. The van der Waals surface area contributed by atoms with Gasteiger partial charge < -0.3 is 15.2 Å². The molecule has 0 aliphatic rings. The predicted molar refractivity (Wildman–Crippen MR) is 79.9 cm³/mol. The maximum atomic E-state index is 11.0. The Labute approximate surface area is 124 Å². The third kappa shape index (κ3) is 3.48. The molecule has 0 amide bonds. The maximum absolute atomic E-state index is 11.0. The Bertz CT molecular complexity index is 659. The molecule has 1 aromatic carbocycles. The second-order valence-electron chi connectivity index (χ2n) is 4.19. The van der Waals surface area contributed by atoms with Gasteiger partial charge in [0.1, 0.15) is 11.6 Å². The summed E-state index contributed by atoms with van der Waals surface area (Å²) in [5.74, 6) is 0.181. The van der Waals surface area contributed by atoms with Gasteiger partial charge in [0.05, 0.1) is 12.7 Å². The van der Waals surface area contributed by atoms with E-state index in [2.05, 4.69) is 26.2 Å². The van der Waals surface area contributed by atoms with Crippen LogP contribution >= 0.6 is 15.9 Å². The molecule has 1 heterocycles. The van der Waals surface area contributed by atoms with Crippen LogP contribution in [0.2, 0.25) is 0 Å². The minimum atomic E-state index is -0.981. The molecular weight excluding hydrogens is 324 g/mol. The Balaban J connectivity index is 2.34. The van der Waals surface area contributed by atoms with Crippen molar-refractivity contribution in [3.63, 3.8) is 0 Å². The average molecular weight is 337 g/mol. The number of benzene rings is 1. The zero-order chi connectivity index (χ0) is 14.7. The molecule has 0 bridgehead atoms. The summed E-state index contributed by atoms with van der Waals surface area (Å²) in [6.45, 7) is 1.75. The summed E-state index contributed by atoms with van der Waals surface area (Å²) in [6, 6.07) is 8.50. The van der Waals surface area contributed by atoms with Crippen LogP contribution in [0, 0.1) is 6.92 Å². The van der Waals surface area contributed by atoms with Gasteiger partial charge in [-0.15, -0.1) is 0 Å². The molecule has 0 fully saturated rings. The van der Waals surface area contributed by atoms with E-state index in [0.29, 0.717) is 17.3 Å². The third-order valence-electron chi connectivity index (χ3n) is 2.58. The number of aromatic nitrogens is 1. The Morgan fingerprint density at radius 1 is 1.30 bits per heavy atom. The lowest BCUT2D eigenvalue weighted by Crippen LogP contribution is -2.02. The van der Waals surface area contributed by atoms with Gasteiger partial charge in [-0.3, -0.25) is 0 Å². The van der Waals surface area contributed by atoms with E-state index in [9.17, 15) is 4.79 Å². The third-order valence-corrected chi connectivity index (χ3v) is 3.04. The number of aryl methyl sites for hydroxylation is 1. The molecule has 0 atom stereocenters.